The maximum absolute atomic E-state index is 2.55. The molecule has 0 aromatic heterocycles. The summed E-state index contributed by atoms with van der Waals surface area (Å²) < 4.78 is 1.14. The molecule has 2 atom stereocenters. The Morgan fingerprint density at radius 3 is 1.38 bits per heavy atom. The molecule has 156 valence electrons. The largest absolute Gasteiger partial charge is 1.00 e. The van der Waals surface area contributed by atoms with E-state index in [1.807, 2.05) is 0 Å². The van der Waals surface area contributed by atoms with Crippen LogP contribution in [0.5, 0.6) is 0 Å². The summed E-state index contributed by atoms with van der Waals surface area (Å²) >= 11 is -1.84. The molecule has 0 radical (unpaired) electrons. The third-order valence-electron chi connectivity index (χ3n) is 6.68. The predicted molar refractivity (Wildman–Crippen MR) is 137 cm³/mol. The van der Waals surface area contributed by atoms with E-state index in [9.17, 15) is 0 Å². The van der Waals surface area contributed by atoms with Crippen LogP contribution >= 0.6 is 0 Å². The van der Waals surface area contributed by atoms with E-state index in [0.717, 1.165) is 0 Å². The van der Waals surface area contributed by atoms with Crippen molar-refractivity contribution in [3.63, 3.8) is 0 Å². The van der Waals surface area contributed by atoms with E-state index in [2.05, 4.69) is 133 Å². The van der Waals surface area contributed by atoms with Gasteiger partial charge in [-0.05, 0) is 0 Å². The number of fused-ring (bicyclic) bond motifs is 2. The molecular weight excluding hydrogens is 436 g/mol. The zero-order chi connectivity index (χ0) is 21.3. The van der Waals surface area contributed by atoms with Crippen LogP contribution < -0.4 is 10.4 Å². The molecule has 0 saturated heterocycles. The van der Waals surface area contributed by atoms with Crippen LogP contribution in [-0.4, -0.2) is 6.19 Å². The van der Waals surface area contributed by atoms with Crippen molar-refractivity contribution in [2.45, 2.75) is 8.45 Å². The van der Waals surface area contributed by atoms with E-state index >= 15 is 0 Å². The van der Waals surface area contributed by atoms with Crippen molar-refractivity contribution in [3.8, 4) is 0 Å². The fourth-order valence-electron chi connectivity index (χ4n) is 5.26. The zero-order valence-corrected chi connectivity index (χ0v) is 20.4. The second-order valence-corrected chi connectivity index (χ2v) is 18.5. The Labute approximate surface area is 199 Å². The molecule has 0 bridgehead atoms. The van der Waals surface area contributed by atoms with Crippen LogP contribution in [0.1, 0.15) is 33.6 Å². The molecule has 4 aromatic rings. The van der Waals surface area contributed by atoms with Gasteiger partial charge in [-0.25, -0.2) is 0 Å². The van der Waals surface area contributed by atoms with Gasteiger partial charge >= 0.3 is 197 Å². The summed E-state index contributed by atoms with van der Waals surface area (Å²) in [4.78, 5) is 0. The third kappa shape index (κ3) is 3.51. The fourth-order valence-corrected chi connectivity index (χ4v) is 21.0. The minimum Gasteiger partial charge on any atom is -1.00 e. The van der Waals surface area contributed by atoms with E-state index in [1.54, 1.807) is 21.5 Å². The van der Waals surface area contributed by atoms with Gasteiger partial charge in [-0.2, -0.15) is 0 Å². The first-order valence-electron chi connectivity index (χ1n) is 11.3. The van der Waals surface area contributed by atoms with Crippen molar-refractivity contribution in [1.82, 2.24) is 0 Å². The Bertz CT molecular complexity index is 1270. The standard InChI is InChI=1S/C12H10Si.2C9H7.Ti.2H/c1-3-7-11(8-4-1)13-12-9-5-2-6-10-12;2*1-2-5-9-7-3-6-8(9)4-1;;;/h1-10H;2*1-7H;;;/q;;;;2*-1. The van der Waals surface area contributed by atoms with Gasteiger partial charge in [0.2, 0.25) is 0 Å². The summed E-state index contributed by atoms with van der Waals surface area (Å²) in [5.41, 5.74) is 5.93. The summed E-state index contributed by atoms with van der Waals surface area (Å²) in [7, 11) is 0. The van der Waals surface area contributed by atoms with E-state index in [-0.39, 0.29) is 2.85 Å². The van der Waals surface area contributed by atoms with Crippen LogP contribution in [0.15, 0.2) is 121 Å². The van der Waals surface area contributed by atoms with Gasteiger partial charge in [0.05, 0.1) is 0 Å². The van der Waals surface area contributed by atoms with E-state index in [1.165, 1.54) is 11.1 Å². The summed E-state index contributed by atoms with van der Waals surface area (Å²) in [6.07, 6.45) is 8.93. The van der Waals surface area contributed by atoms with Gasteiger partial charge in [-0.1, -0.05) is 0 Å². The van der Waals surface area contributed by atoms with Gasteiger partial charge in [0.25, 0.3) is 0 Å². The minimum atomic E-state index is -1.84. The van der Waals surface area contributed by atoms with E-state index in [4.69, 9.17) is 0 Å². The van der Waals surface area contributed by atoms with Gasteiger partial charge in [0.15, 0.2) is 0 Å². The molecule has 0 fully saturated rings. The molecule has 6 rings (SSSR count). The van der Waals surface area contributed by atoms with Crippen molar-refractivity contribution in [1.29, 1.82) is 0 Å². The van der Waals surface area contributed by atoms with Crippen molar-refractivity contribution < 1.29 is 19.5 Å². The SMILES string of the molecule is C1=C[CH]([Ti]([CH]2C=Cc3ccccc32)=[Si](c2ccccc2)c2ccccc2)c2ccccc21.[H-].[H-]. The molecule has 2 heteroatoms. The molecule has 2 aliphatic rings. The summed E-state index contributed by atoms with van der Waals surface area (Å²) in [6, 6.07) is 41.0. The van der Waals surface area contributed by atoms with Crippen LogP contribution in [0, 0.1) is 0 Å². The van der Waals surface area contributed by atoms with Gasteiger partial charge in [-0.3, -0.25) is 0 Å². The first-order chi connectivity index (χ1) is 15.9. The van der Waals surface area contributed by atoms with Gasteiger partial charge in [-0.15, -0.1) is 0 Å². The number of rotatable bonds is 4. The van der Waals surface area contributed by atoms with Crippen molar-refractivity contribution in [3.05, 3.63) is 144 Å². The smallest absolute Gasteiger partial charge is 1.00 e. The Morgan fingerprint density at radius 1 is 0.500 bits per heavy atom. The fraction of sp³-hybridized carbons (Fsp3) is 0.0667. The molecule has 0 N–H and O–H groups in total. The third-order valence-corrected chi connectivity index (χ3v) is 20.7. The molecule has 0 nitrogen and oxygen atoms in total. The molecule has 0 saturated carbocycles. The molecule has 32 heavy (non-hydrogen) atoms. The first-order valence-corrected chi connectivity index (χ1v) is 16.9. The summed E-state index contributed by atoms with van der Waals surface area (Å²) in [5.74, 6) is 0. The Balaban J connectivity index is 0.00000137. The molecule has 0 amide bonds. The van der Waals surface area contributed by atoms with E-state index in [0.29, 0.717) is 8.45 Å². The van der Waals surface area contributed by atoms with Crippen molar-refractivity contribution in [2.24, 2.45) is 0 Å². The molecule has 0 spiro atoms. The normalized spacial score (nSPS) is 17.8. The Morgan fingerprint density at radius 2 is 0.906 bits per heavy atom. The van der Waals surface area contributed by atoms with Gasteiger partial charge < -0.3 is 2.85 Å². The summed E-state index contributed by atoms with van der Waals surface area (Å²) in [5, 5.41) is 3.13. The quantitative estimate of drug-likeness (QED) is 0.318. The van der Waals surface area contributed by atoms with Crippen molar-refractivity contribution >= 4 is 28.7 Å². The minimum absolute atomic E-state index is 0. The average Bonchev–Trinajstić information content (AvgIpc) is 3.48. The van der Waals surface area contributed by atoms with Crippen LogP contribution in [0.25, 0.3) is 12.2 Å². The first kappa shape index (κ1) is 19.9. The predicted octanol–water partition coefficient (Wildman–Crippen LogP) is 6.17. The molecular formula is C30H26SiTi-2. The Hall–Kier alpha value is -2.71. The van der Waals surface area contributed by atoms with Gasteiger partial charge in [0, 0.05) is 0 Å². The van der Waals surface area contributed by atoms with Crippen LogP contribution in [0.3, 0.4) is 0 Å². The second kappa shape index (κ2) is 8.67. The molecule has 2 unspecified atom stereocenters. The average molecular weight is 462 g/mol. The molecule has 2 aliphatic carbocycles. The van der Waals surface area contributed by atoms with Crippen LogP contribution in [0.4, 0.5) is 0 Å². The number of benzene rings is 4. The van der Waals surface area contributed by atoms with Crippen molar-refractivity contribution in [2.75, 3.05) is 0 Å². The van der Waals surface area contributed by atoms with Crippen LogP contribution in [0.2, 0.25) is 0 Å². The van der Waals surface area contributed by atoms with E-state index < -0.39 is 22.8 Å². The molecule has 0 heterocycles. The molecule has 0 aliphatic heterocycles. The maximum atomic E-state index is 2.55. The van der Waals surface area contributed by atoms with Crippen LogP contribution in [-0.2, 0) is 16.6 Å². The monoisotopic (exact) mass is 462 g/mol. The topological polar surface area (TPSA) is 0 Å². The van der Waals surface area contributed by atoms with Gasteiger partial charge in [0.1, 0.15) is 0 Å². The Kier molecular flexibility index (Phi) is 5.40. The number of allylic oxidation sites excluding steroid dienone is 2. The number of hydrogen-bond acceptors (Lipinski definition) is 0. The second-order valence-electron chi connectivity index (χ2n) is 8.49. The maximum Gasteiger partial charge on any atom is -1.00 e. The molecule has 4 aromatic carbocycles. The summed E-state index contributed by atoms with van der Waals surface area (Å²) in [6.45, 7) is 0. The zero-order valence-electron chi connectivity index (χ0n) is 19.9. The number of hydrogen-bond donors (Lipinski definition) is 0.